The average Bonchev–Trinajstić information content (AvgIpc) is 1.27. The molecule has 19 aromatic carbocycles. The van der Waals surface area contributed by atoms with Crippen LogP contribution in [0.5, 0.6) is 0 Å². The number of rotatable bonds is 10. The predicted octanol–water partition coefficient (Wildman–Crippen LogP) is 29.1. The first-order chi connectivity index (χ1) is 52.1. The lowest BCUT2D eigenvalue weighted by atomic mass is 9.81. The Morgan fingerprint density at radius 1 is 0.160 bits per heavy atom. The normalized spacial score (nSPS) is 13.2. The van der Waals surface area contributed by atoms with Crippen LogP contribution in [0.15, 0.2) is 364 Å². The van der Waals surface area contributed by atoms with Gasteiger partial charge in [-0.1, -0.05) is 295 Å². The molecule has 2 heteroatoms. The first kappa shape index (κ1) is 61.5. The van der Waals surface area contributed by atoms with Crippen LogP contribution in [-0.2, 0) is 10.8 Å². The molecule has 0 unspecified atom stereocenters. The van der Waals surface area contributed by atoms with Crippen molar-refractivity contribution >= 4 is 120 Å². The lowest BCUT2D eigenvalue weighted by Gasteiger charge is -2.30. The van der Waals surface area contributed by atoms with Crippen molar-refractivity contribution in [2.75, 3.05) is 9.80 Å². The van der Waals surface area contributed by atoms with Gasteiger partial charge in [-0.2, -0.15) is 0 Å². The Morgan fingerprint density at radius 2 is 0.406 bits per heavy atom. The summed E-state index contributed by atoms with van der Waals surface area (Å²) in [5, 5.41) is 20.2. The monoisotopic (exact) mass is 1350 g/mol. The molecular formula is C104H72N2. The van der Waals surface area contributed by atoms with Gasteiger partial charge in [-0.15, -0.1) is 0 Å². The number of benzene rings is 19. The fraction of sp³-hybridized carbons (Fsp3) is 0.0577. The molecule has 21 rings (SSSR count). The summed E-state index contributed by atoms with van der Waals surface area (Å²) in [5.74, 6) is 0. The van der Waals surface area contributed by atoms with E-state index in [-0.39, 0.29) is 10.8 Å². The van der Waals surface area contributed by atoms with E-state index in [4.69, 9.17) is 0 Å². The molecule has 0 N–H and O–H groups in total. The largest absolute Gasteiger partial charge is 0.310 e. The van der Waals surface area contributed by atoms with Gasteiger partial charge in [-0.25, -0.2) is 0 Å². The smallest absolute Gasteiger partial charge is 0.0468 e. The molecule has 0 fully saturated rings. The van der Waals surface area contributed by atoms with Gasteiger partial charge >= 0.3 is 0 Å². The quantitative estimate of drug-likeness (QED) is 0.0995. The highest BCUT2D eigenvalue weighted by Gasteiger charge is 2.39. The Balaban J connectivity index is 0.762. The van der Waals surface area contributed by atoms with Crippen LogP contribution in [0.25, 0.3) is 153 Å². The second kappa shape index (κ2) is 23.7. The van der Waals surface area contributed by atoms with Crippen molar-refractivity contribution in [3.8, 4) is 66.8 Å². The van der Waals surface area contributed by atoms with Crippen LogP contribution in [0.4, 0.5) is 34.1 Å². The molecule has 2 aliphatic carbocycles. The first-order valence-electron chi connectivity index (χ1n) is 37.2. The Labute approximate surface area is 617 Å². The lowest BCUT2D eigenvalue weighted by Crippen LogP contribution is -2.16. The maximum atomic E-state index is 2.52. The highest BCUT2D eigenvalue weighted by molar-refractivity contribution is 6.28. The van der Waals surface area contributed by atoms with E-state index >= 15 is 0 Å². The van der Waals surface area contributed by atoms with Crippen LogP contribution in [0.3, 0.4) is 0 Å². The van der Waals surface area contributed by atoms with Crippen molar-refractivity contribution < 1.29 is 0 Å². The second-order valence-electron chi connectivity index (χ2n) is 30.2. The topological polar surface area (TPSA) is 6.48 Å². The molecule has 0 saturated heterocycles. The average molecular weight is 1350 g/mol. The Kier molecular flexibility index (Phi) is 13.8. The van der Waals surface area contributed by atoms with Crippen LogP contribution < -0.4 is 9.80 Å². The zero-order valence-electron chi connectivity index (χ0n) is 59.5. The third-order valence-corrected chi connectivity index (χ3v) is 23.8. The van der Waals surface area contributed by atoms with Crippen molar-refractivity contribution in [3.63, 3.8) is 0 Å². The van der Waals surface area contributed by atoms with Gasteiger partial charge in [0.05, 0.1) is 0 Å². The van der Waals surface area contributed by atoms with Crippen molar-refractivity contribution in [2.45, 2.75) is 38.5 Å². The summed E-state index contributed by atoms with van der Waals surface area (Å²) in [4.78, 5) is 5.00. The standard InChI is InChI=1S/C104H72N2/c1-103(2)97-59-75(49-53-85(97)93-61-89-81-37-21-17-33-77(81)79-35-19-23-39-83(79)91(89)63-99(93)103)105(71-45-41-67(42-46-71)65-25-9-5-10-26-65)73-51-55-87-95(57-73)101(69-29-13-7-14-30-69)88-56-52-74(58-96(88)102(87)70-31-15-8-16-32-70)106(72-47-43-68(44-48-72)66-27-11-6-12-28-66)76-50-54-86-94-62-90-82-38-22-18-34-78(82)80-36-20-24-40-84(80)92(90)64-100(94)104(3,4)98(86)60-76/h5-64H,1-4H3. The van der Waals surface area contributed by atoms with Gasteiger partial charge in [-0.3, -0.25) is 0 Å². The molecule has 0 radical (unpaired) electrons. The summed E-state index contributed by atoms with van der Waals surface area (Å²) in [6, 6.07) is 137. The van der Waals surface area contributed by atoms with Crippen LogP contribution in [0.1, 0.15) is 49.9 Å². The second-order valence-corrected chi connectivity index (χ2v) is 30.2. The fourth-order valence-corrected chi connectivity index (χ4v) is 18.6. The number of anilines is 6. The van der Waals surface area contributed by atoms with E-state index in [1.54, 1.807) is 0 Å². The minimum absolute atomic E-state index is 0.303. The maximum Gasteiger partial charge on any atom is 0.0468 e. The van der Waals surface area contributed by atoms with Gasteiger partial charge in [0.1, 0.15) is 0 Å². The molecule has 106 heavy (non-hydrogen) atoms. The third-order valence-electron chi connectivity index (χ3n) is 23.8. The molecule has 0 heterocycles. The van der Waals surface area contributed by atoms with Crippen LogP contribution in [-0.4, -0.2) is 0 Å². The third kappa shape index (κ3) is 9.43. The molecule has 0 bridgehead atoms. The number of nitrogens with zero attached hydrogens (tertiary/aromatic N) is 2. The summed E-state index contributed by atoms with van der Waals surface area (Å²) >= 11 is 0. The van der Waals surface area contributed by atoms with E-state index in [2.05, 4.69) is 401 Å². The summed E-state index contributed by atoms with van der Waals surface area (Å²) in [7, 11) is 0. The van der Waals surface area contributed by atoms with Crippen molar-refractivity contribution in [3.05, 3.63) is 386 Å². The zero-order valence-corrected chi connectivity index (χ0v) is 59.5. The van der Waals surface area contributed by atoms with Gasteiger partial charge < -0.3 is 9.80 Å². The number of fused-ring (bicyclic) bond motifs is 20. The molecule has 0 aromatic heterocycles. The van der Waals surface area contributed by atoms with Gasteiger partial charge in [-0.05, 0) is 272 Å². The number of hydrogen-bond acceptors (Lipinski definition) is 2. The van der Waals surface area contributed by atoms with Crippen LogP contribution in [0, 0.1) is 0 Å². The van der Waals surface area contributed by atoms with Crippen molar-refractivity contribution in [1.29, 1.82) is 0 Å². The molecular weight excluding hydrogens is 1280 g/mol. The van der Waals surface area contributed by atoms with E-state index in [1.807, 2.05) is 0 Å². The highest BCUT2D eigenvalue weighted by atomic mass is 15.1. The molecule has 498 valence electrons. The molecule has 0 atom stereocenters. The van der Waals surface area contributed by atoms with E-state index in [0.29, 0.717) is 0 Å². The van der Waals surface area contributed by atoms with Gasteiger partial charge in [0.25, 0.3) is 0 Å². The summed E-state index contributed by atoms with van der Waals surface area (Å²) in [6.45, 7) is 9.70. The minimum Gasteiger partial charge on any atom is -0.310 e. The Hall–Kier alpha value is -13.1. The highest BCUT2D eigenvalue weighted by Crippen LogP contribution is 2.57. The fourth-order valence-electron chi connectivity index (χ4n) is 18.6. The van der Waals surface area contributed by atoms with E-state index < -0.39 is 0 Å². The summed E-state index contributed by atoms with van der Waals surface area (Å²) < 4.78 is 0. The van der Waals surface area contributed by atoms with Crippen molar-refractivity contribution in [1.82, 2.24) is 0 Å². The molecule has 0 aliphatic heterocycles. The van der Waals surface area contributed by atoms with E-state index in [0.717, 1.165) is 45.3 Å². The van der Waals surface area contributed by atoms with Crippen molar-refractivity contribution in [2.24, 2.45) is 0 Å². The molecule has 0 spiro atoms. The Morgan fingerprint density at radius 3 is 0.736 bits per heavy atom. The maximum absolute atomic E-state index is 2.52. The molecule has 19 aromatic rings. The molecule has 2 aliphatic rings. The molecule has 0 saturated carbocycles. The van der Waals surface area contributed by atoms with E-state index in [9.17, 15) is 0 Å². The minimum atomic E-state index is -0.303. The SMILES string of the molecule is CC1(C)c2cc(N(c3ccc(-c4ccccc4)cc3)c3ccc4c(-c5ccccc5)c5cc(N(c6ccc(-c7ccccc7)cc6)c6ccc7c(c6)C(C)(C)c6cc8c9ccccc9c9ccccc9c8cc6-7)ccc5c(-c5ccccc5)c4c3)ccc2-c2cc3c4ccccc4c4ccccc4c3cc21. The van der Waals surface area contributed by atoms with E-state index in [1.165, 1.54) is 164 Å². The van der Waals surface area contributed by atoms with Crippen LogP contribution in [0.2, 0.25) is 0 Å². The Bertz CT molecular complexity index is 6420. The predicted molar refractivity (Wildman–Crippen MR) is 453 cm³/mol. The molecule has 0 amide bonds. The van der Waals surface area contributed by atoms with Gasteiger partial charge in [0, 0.05) is 45.0 Å². The summed E-state index contributed by atoms with van der Waals surface area (Å²) in [5.41, 5.74) is 25.9. The van der Waals surface area contributed by atoms with Gasteiger partial charge in [0.2, 0.25) is 0 Å². The van der Waals surface area contributed by atoms with Crippen LogP contribution >= 0.6 is 0 Å². The van der Waals surface area contributed by atoms with Gasteiger partial charge in [0.15, 0.2) is 0 Å². The molecule has 2 nitrogen and oxygen atoms in total. The first-order valence-corrected chi connectivity index (χ1v) is 37.2. The lowest BCUT2D eigenvalue weighted by molar-refractivity contribution is 0.661. The zero-order chi connectivity index (χ0) is 70.5. The summed E-state index contributed by atoms with van der Waals surface area (Å²) in [6.07, 6.45) is 0. The number of hydrogen-bond donors (Lipinski definition) is 0.